The molecule has 0 aromatic carbocycles. The zero-order chi connectivity index (χ0) is 7.94. The van der Waals surface area contributed by atoms with E-state index in [9.17, 15) is 0 Å². The van der Waals surface area contributed by atoms with Gasteiger partial charge in [-0.15, -0.1) is 0 Å². The third kappa shape index (κ3) is 3.19. The lowest BCUT2D eigenvalue weighted by Gasteiger charge is -2.03. The number of hydrogen-bond acceptors (Lipinski definition) is 1. The minimum Gasteiger partial charge on any atom is -0.330 e. The Kier molecular flexibility index (Phi) is 3.70. The lowest BCUT2D eigenvalue weighted by molar-refractivity contribution is 0.662. The van der Waals surface area contributed by atoms with E-state index >= 15 is 0 Å². The molecule has 0 aliphatic heterocycles. The molecule has 62 valence electrons. The van der Waals surface area contributed by atoms with Crippen LogP contribution in [0.15, 0.2) is 36.5 Å². The molecule has 1 rings (SSSR count). The van der Waals surface area contributed by atoms with E-state index in [0.29, 0.717) is 5.92 Å². The van der Waals surface area contributed by atoms with Gasteiger partial charge in [0.15, 0.2) is 0 Å². The van der Waals surface area contributed by atoms with Gasteiger partial charge < -0.3 is 5.73 Å². The van der Waals surface area contributed by atoms with Crippen molar-refractivity contribution in [2.75, 3.05) is 6.54 Å². The second kappa shape index (κ2) is 4.91. The molecule has 1 aliphatic rings. The molecule has 0 fully saturated rings. The van der Waals surface area contributed by atoms with Crippen molar-refractivity contribution in [3.05, 3.63) is 36.5 Å². The Morgan fingerprint density at radius 2 is 1.73 bits per heavy atom. The van der Waals surface area contributed by atoms with Crippen LogP contribution in [0.1, 0.15) is 14.3 Å². The summed E-state index contributed by atoms with van der Waals surface area (Å²) in [6, 6.07) is 0. The summed E-state index contributed by atoms with van der Waals surface area (Å²) in [5, 5.41) is 0. The summed E-state index contributed by atoms with van der Waals surface area (Å²) >= 11 is 0. The molecule has 0 heterocycles. The second-order valence-electron chi connectivity index (χ2n) is 2.75. The molecule has 0 amide bonds. The van der Waals surface area contributed by atoms with E-state index in [0.717, 1.165) is 13.0 Å². The van der Waals surface area contributed by atoms with Crippen LogP contribution in [0, 0.1) is 5.92 Å². The third-order valence-electron chi connectivity index (χ3n) is 1.79. The molecule has 0 bridgehead atoms. The van der Waals surface area contributed by atoms with Gasteiger partial charge in [-0.25, -0.2) is 0 Å². The molecule has 1 aliphatic carbocycles. The zero-order valence-corrected chi connectivity index (χ0v) is 6.74. The number of nitrogens with two attached hydrogens (primary N) is 1. The molecule has 0 aromatic rings. The molecule has 0 atom stereocenters. The van der Waals surface area contributed by atoms with Crippen LogP contribution >= 0.6 is 0 Å². The monoisotopic (exact) mass is 151 g/mol. The maximum absolute atomic E-state index is 5.42. The van der Waals surface area contributed by atoms with Gasteiger partial charge >= 0.3 is 0 Å². The first-order valence-corrected chi connectivity index (χ1v) is 4.15. The summed E-state index contributed by atoms with van der Waals surface area (Å²) in [6.45, 7) is 0.797. The van der Waals surface area contributed by atoms with E-state index in [1.54, 1.807) is 0 Å². The van der Waals surface area contributed by atoms with Crippen molar-refractivity contribution in [2.24, 2.45) is 11.7 Å². The molecule has 1 heteroatoms. The maximum atomic E-state index is 5.42. The minimum atomic E-state index is 0. The average molecular weight is 151 g/mol. The van der Waals surface area contributed by atoms with Crippen LogP contribution in [-0.2, 0) is 0 Å². The van der Waals surface area contributed by atoms with Crippen LogP contribution in [0.4, 0.5) is 0 Å². The van der Waals surface area contributed by atoms with Crippen LogP contribution < -0.4 is 5.73 Å². The van der Waals surface area contributed by atoms with E-state index in [2.05, 4.69) is 36.5 Å². The fourth-order valence-corrected chi connectivity index (χ4v) is 1.15. The highest BCUT2D eigenvalue weighted by Gasteiger charge is 1.98. The van der Waals surface area contributed by atoms with Gasteiger partial charge in [0.1, 0.15) is 0 Å². The first-order valence-electron chi connectivity index (χ1n) is 4.15. The molecular formula is C10H17N. The minimum absolute atomic E-state index is 0. The van der Waals surface area contributed by atoms with Gasteiger partial charge in [0.05, 0.1) is 0 Å². The Hall–Kier alpha value is -0.820. The smallest absolute Gasteiger partial charge is 0 e. The molecule has 0 radical (unpaired) electrons. The Balaban J connectivity index is 0.00000121. The van der Waals surface area contributed by atoms with E-state index in [1.165, 1.54) is 6.42 Å². The summed E-state index contributed by atoms with van der Waals surface area (Å²) in [5.74, 6) is 0.591. The molecule has 0 aromatic heterocycles. The lowest BCUT2D eigenvalue weighted by Crippen LogP contribution is -2.01. The highest BCUT2D eigenvalue weighted by atomic mass is 14.5. The van der Waals surface area contributed by atoms with Crippen molar-refractivity contribution in [1.82, 2.24) is 0 Å². The maximum Gasteiger partial charge on any atom is 0 e. The van der Waals surface area contributed by atoms with Gasteiger partial charge in [0.25, 0.3) is 0 Å². The molecule has 0 saturated heterocycles. The van der Waals surface area contributed by atoms with Crippen LogP contribution in [-0.4, -0.2) is 6.54 Å². The summed E-state index contributed by atoms with van der Waals surface area (Å²) in [5.41, 5.74) is 5.42. The molecule has 11 heavy (non-hydrogen) atoms. The van der Waals surface area contributed by atoms with E-state index < -0.39 is 0 Å². The van der Waals surface area contributed by atoms with Crippen LogP contribution in [0.3, 0.4) is 0 Å². The predicted octanol–water partition coefficient (Wildman–Crippen LogP) is 2.27. The molecule has 0 unspecified atom stereocenters. The van der Waals surface area contributed by atoms with Gasteiger partial charge in [0, 0.05) is 1.43 Å². The van der Waals surface area contributed by atoms with Gasteiger partial charge in [0.2, 0.25) is 0 Å². The Morgan fingerprint density at radius 1 is 1.09 bits per heavy atom. The summed E-state index contributed by atoms with van der Waals surface area (Å²) in [4.78, 5) is 0. The number of hydrogen-bond donors (Lipinski definition) is 1. The van der Waals surface area contributed by atoms with Crippen LogP contribution in [0.5, 0.6) is 0 Å². The number of allylic oxidation sites excluding steroid dienone is 6. The standard InChI is InChI=1S/C10H15N.H2/c11-9-5-8-10-6-3-1-2-4-7-10;/h1-4,6-7,10H,5,8-9,11H2;1H. The molecule has 1 nitrogen and oxygen atoms in total. The average Bonchev–Trinajstić information content (AvgIpc) is 2.28. The first kappa shape index (κ1) is 8.28. The van der Waals surface area contributed by atoms with Crippen molar-refractivity contribution in [1.29, 1.82) is 0 Å². The first-order chi connectivity index (χ1) is 5.43. The molecule has 0 spiro atoms. The molecular weight excluding hydrogens is 134 g/mol. The van der Waals surface area contributed by atoms with E-state index in [1.807, 2.05) is 0 Å². The highest BCUT2D eigenvalue weighted by Crippen LogP contribution is 2.11. The van der Waals surface area contributed by atoms with Crippen molar-refractivity contribution < 1.29 is 1.43 Å². The van der Waals surface area contributed by atoms with E-state index in [-0.39, 0.29) is 1.43 Å². The van der Waals surface area contributed by atoms with Gasteiger partial charge in [-0.1, -0.05) is 36.5 Å². The number of rotatable bonds is 3. The highest BCUT2D eigenvalue weighted by molar-refractivity contribution is 5.19. The SMILES string of the molecule is NCCCC1C=CC=CC=C1.[HH]. The predicted molar refractivity (Wildman–Crippen MR) is 51.3 cm³/mol. The van der Waals surface area contributed by atoms with Crippen LogP contribution in [0.25, 0.3) is 0 Å². The summed E-state index contributed by atoms with van der Waals surface area (Å²) < 4.78 is 0. The van der Waals surface area contributed by atoms with Crippen molar-refractivity contribution >= 4 is 0 Å². The normalized spacial score (nSPS) is 17.2. The summed E-state index contributed by atoms with van der Waals surface area (Å²) in [7, 11) is 0. The summed E-state index contributed by atoms with van der Waals surface area (Å²) in [6.07, 6.45) is 15.0. The fourth-order valence-electron chi connectivity index (χ4n) is 1.15. The quantitative estimate of drug-likeness (QED) is 0.658. The fraction of sp³-hybridized carbons (Fsp3) is 0.400. The topological polar surface area (TPSA) is 26.0 Å². The van der Waals surface area contributed by atoms with E-state index in [4.69, 9.17) is 5.73 Å². The Morgan fingerprint density at radius 3 is 2.27 bits per heavy atom. The second-order valence-corrected chi connectivity index (χ2v) is 2.75. The molecule has 0 saturated carbocycles. The van der Waals surface area contributed by atoms with Crippen LogP contribution in [0.2, 0.25) is 0 Å². The van der Waals surface area contributed by atoms with Gasteiger partial charge in [-0.3, -0.25) is 0 Å². The Labute approximate surface area is 69.8 Å². The van der Waals surface area contributed by atoms with Crippen molar-refractivity contribution in [3.8, 4) is 0 Å². The van der Waals surface area contributed by atoms with Crippen molar-refractivity contribution in [2.45, 2.75) is 12.8 Å². The zero-order valence-electron chi connectivity index (χ0n) is 6.74. The Bertz CT molecular complexity index is 166. The third-order valence-corrected chi connectivity index (χ3v) is 1.79. The largest absolute Gasteiger partial charge is 0.330 e. The van der Waals surface area contributed by atoms with Crippen molar-refractivity contribution in [3.63, 3.8) is 0 Å². The lowest BCUT2D eigenvalue weighted by atomic mass is 10.0. The van der Waals surface area contributed by atoms with Gasteiger partial charge in [-0.2, -0.15) is 0 Å². The van der Waals surface area contributed by atoms with Gasteiger partial charge in [-0.05, 0) is 25.3 Å². The molecule has 2 N–H and O–H groups in total.